The van der Waals surface area contributed by atoms with E-state index in [-0.39, 0.29) is 11.5 Å². The van der Waals surface area contributed by atoms with E-state index < -0.39 is 6.61 Å². The number of ether oxygens (including phenoxy) is 2. The fourth-order valence-electron chi connectivity index (χ4n) is 2.80. The number of alkyl halides is 2. The van der Waals surface area contributed by atoms with Crippen molar-refractivity contribution < 1.29 is 18.3 Å². The summed E-state index contributed by atoms with van der Waals surface area (Å²) in [4.78, 5) is 6.32. The monoisotopic (exact) mass is 440 g/mol. The van der Waals surface area contributed by atoms with Gasteiger partial charge in [-0.1, -0.05) is 17.7 Å². The fourth-order valence-corrected chi connectivity index (χ4v) is 3.12. The van der Waals surface area contributed by atoms with Gasteiger partial charge in [0.1, 0.15) is 0 Å². The van der Waals surface area contributed by atoms with Crippen LogP contribution in [0.1, 0.15) is 5.56 Å². The van der Waals surface area contributed by atoms with Gasteiger partial charge < -0.3 is 9.47 Å². The Balaban J connectivity index is 1.72. The van der Waals surface area contributed by atoms with Crippen LogP contribution in [0.2, 0.25) is 5.02 Å². The maximum Gasteiger partial charge on any atom is 0.387 e. The second-order valence-electron chi connectivity index (χ2n) is 6.31. The molecule has 0 unspecified atom stereocenters. The summed E-state index contributed by atoms with van der Waals surface area (Å²) in [6.07, 6.45) is 0. The van der Waals surface area contributed by atoms with E-state index in [2.05, 4.69) is 14.8 Å². The number of hydrogen-bond acceptors (Lipinski definition) is 5. The molecule has 1 aromatic heterocycles. The molecule has 6 nitrogen and oxygen atoms in total. The van der Waals surface area contributed by atoms with Crippen molar-refractivity contribution in [2.24, 2.45) is 0 Å². The number of nitrogens with one attached hydrogen (secondary N) is 1. The van der Waals surface area contributed by atoms with E-state index in [1.807, 2.05) is 24.1 Å². The third-order valence-electron chi connectivity index (χ3n) is 4.08. The average Bonchev–Trinajstić information content (AvgIpc) is 3.02. The molecule has 154 valence electrons. The van der Waals surface area contributed by atoms with E-state index in [0.29, 0.717) is 28.8 Å². The molecule has 0 spiro atoms. The number of methoxy groups -OCH3 is 1. The molecule has 0 saturated heterocycles. The van der Waals surface area contributed by atoms with Crippen molar-refractivity contribution in [3.63, 3.8) is 0 Å². The van der Waals surface area contributed by atoms with Gasteiger partial charge in [-0.05, 0) is 61.2 Å². The van der Waals surface area contributed by atoms with Crippen LogP contribution in [0.5, 0.6) is 11.5 Å². The number of aromatic nitrogens is 3. The van der Waals surface area contributed by atoms with E-state index in [0.717, 1.165) is 11.1 Å². The summed E-state index contributed by atoms with van der Waals surface area (Å²) in [6, 6.07) is 12.2. The van der Waals surface area contributed by atoms with Gasteiger partial charge in [-0.2, -0.15) is 13.8 Å². The van der Waals surface area contributed by atoms with Crippen molar-refractivity contribution in [1.82, 2.24) is 19.7 Å². The van der Waals surface area contributed by atoms with Gasteiger partial charge in [0.15, 0.2) is 17.3 Å². The van der Waals surface area contributed by atoms with Crippen molar-refractivity contribution in [1.29, 1.82) is 0 Å². The molecule has 0 saturated carbocycles. The first kappa shape index (κ1) is 21.2. The molecule has 1 heterocycles. The smallest absolute Gasteiger partial charge is 0.387 e. The van der Waals surface area contributed by atoms with Crippen molar-refractivity contribution in [3.05, 3.63) is 57.8 Å². The summed E-state index contributed by atoms with van der Waals surface area (Å²) in [5.41, 5.74) is 1.65. The lowest BCUT2D eigenvalue weighted by molar-refractivity contribution is -0.0512. The largest absolute Gasteiger partial charge is 0.493 e. The zero-order valence-corrected chi connectivity index (χ0v) is 17.3. The molecular weight excluding hydrogens is 422 g/mol. The SMILES string of the molecule is COc1ccc(CN(C)Cn2[nH]c(-c3ccc(Cl)cc3)nc2=S)cc1OC(F)F. The van der Waals surface area contributed by atoms with E-state index >= 15 is 0 Å². The number of H-pyrrole nitrogens is 1. The average molecular weight is 441 g/mol. The highest BCUT2D eigenvalue weighted by molar-refractivity contribution is 7.71. The van der Waals surface area contributed by atoms with Crippen LogP contribution in [-0.2, 0) is 13.2 Å². The predicted molar refractivity (Wildman–Crippen MR) is 109 cm³/mol. The van der Waals surface area contributed by atoms with Gasteiger partial charge in [0.05, 0.1) is 13.8 Å². The Morgan fingerprint density at radius 3 is 2.59 bits per heavy atom. The Kier molecular flexibility index (Phi) is 6.83. The van der Waals surface area contributed by atoms with Gasteiger partial charge >= 0.3 is 6.61 Å². The quantitative estimate of drug-likeness (QED) is 0.502. The van der Waals surface area contributed by atoms with E-state index in [4.69, 9.17) is 28.6 Å². The van der Waals surface area contributed by atoms with Crippen molar-refractivity contribution >= 4 is 23.8 Å². The molecule has 0 radical (unpaired) electrons. The third kappa shape index (κ3) is 5.53. The van der Waals surface area contributed by atoms with Gasteiger partial charge in [0.25, 0.3) is 0 Å². The van der Waals surface area contributed by atoms with Crippen LogP contribution in [0, 0.1) is 4.77 Å². The van der Waals surface area contributed by atoms with E-state index in [1.165, 1.54) is 13.2 Å². The van der Waals surface area contributed by atoms with Crippen LogP contribution in [-0.4, -0.2) is 40.4 Å². The molecule has 10 heteroatoms. The Hall–Kier alpha value is -2.49. The van der Waals surface area contributed by atoms with E-state index in [1.54, 1.807) is 28.9 Å². The van der Waals surface area contributed by atoms with Crippen molar-refractivity contribution in [2.45, 2.75) is 19.8 Å². The summed E-state index contributed by atoms with van der Waals surface area (Å²) in [6.45, 7) is -2.02. The van der Waals surface area contributed by atoms with Crippen molar-refractivity contribution in [2.75, 3.05) is 14.2 Å². The van der Waals surface area contributed by atoms with Crippen molar-refractivity contribution in [3.8, 4) is 22.9 Å². The van der Waals surface area contributed by atoms with Crippen LogP contribution in [0.4, 0.5) is 8.78 Å². The molecule has 0 atom stereocenters. The fraction of sp³-hybridized carbons (Fsp3) is 0.263. The number of hydrogen-bond donors (Lipinski definition) is 1. The minimum Gasteiger partial charge on any atom is -0.493 e. The lowest BCUT2D eigenvalue weighted by atomic mass is 10.2. The molecule has 3 aromatic rings. The summed E-state index contributed by atoms with van der Waals surface area (Å²) in [7, 11) is 3.28. The molecule has 29 heavy (non-hydrogen) atoms. The molecule has 2 aromatic carbocycles. The lowest BCUT2D eigenvalue weighted by Gasteiger charge is -2.18. The predicted octanol–water partition coefficient (Wildman–Crippen LogP) is 4.96. The molecule has 3 rings (SSSR count). The second kappa shape index (κ2) is 9.34. The van der Waals surface area contributed by atoms with E-state index in [9.17, 15) is 8.78 Å². The standard InChI is InChI=1S/C19H19ClF2N4O2S/c1-25(10-12-3-8-15(27-2)16(9-12)28-18(21)22)11-26-19(29)23-17(24-26)13-4-6-14(20)7-5-13/h3-9,18H,10-11H2,1-2H3,(H,23,24,29). The summed E-state index contributed by atoms with van der Waals surface area (Å²) >= 11 is 11.2. The first-order chi connectivity index (χ1) is 13.9. The topological polar surface area (TPSA) is 55.3 Å². The second-order valence-corrected chi connectivity index (χ2v) is 7.11. The first-order valence-electron chi connectivity index (χ1n) is 8.59. The third-order valence-corrected chi connectivity index (χ3v) is 4.64. The Morgan fingerprint density at radius 1 is 1.21 bits per heavy atom. The number of halogens is 3. The molecule has 0 amide bonds. The van der Waals surface area contributed by atoms with Gasteiger partial charge in [0, 0.05) is 17.1 Å². The Labute approximate surface area is 176 Å². The van der Waals surface area contributed by atoms with Gasteiger partial charge in [-0.15, -0.1) is 0 Å². The maximum atomic E-state index is 12.6. The maximum absolute atomic E-state index is 12.6. The molecule has 0 fully saturated rings. The number of aromatic amines is 1. The van der Waals surface area contributed by atoms with Gasteiger partial charge in [-0.3, -0.25) is 10.00 Å². The highest BCUT2D eigenvalue weighted by Gasteiger charge is 2.13. The molecule has 1 N–H and O–H groups in total. The van der Waals surface area contributed by atoms with Crippen LogP contribution in [0.15, 0.2) is 42.5 Å². The minimum atomic E-state index is -2.92. The molecule has 0 aliphatic heterocycles. The minimum absolute atomic E-state index is 0.00317. The molecular formula is C19H19ClF2N4O2S. The summed E-state index contributed by atoms with van der Waals surface area (Å²) in [5, 5.41) is 3.80. The first-order valence-corrected chi connectivity index (χ1v) is 9.37. The Bertz CT molecular complexity index is 1020. The van der Waals surface area contributed by atoms with Crippen LogP contribution in [0.25, 0.3) is 11.4 Å². The zero-order chi connectivity index (χ0) is 21.0. The highest BCUT2D eigenvalue weighted by Crippen LogP contribution is 2.30. The number of rotatable bonds is 8. The van der Waals surface area contributed by atoms with Crippen LogP contribution in [0.3, 0.4) is 0 Å². The van der Waals surface area contributed by atoms with Crippen LogP contribution >= 0.6 is 23.8 Å². The summed E-state index contributed by atoms with van der Waals surface area (Å²) in [5.74, 6) is 0.883. The van der Waals surface area contributed by atoms with Gasteiger partial charge in [0.2, 0.25) is 4.77 Å². The number of benzene rings is 2. The molecule has 0 aliphatic carbocycles. The summed E-state index contributed by atoms with van der Waals surface area (Å²) < 4.78 is 36.9. The lowest BCUT2D eigenvalue weighted by Crippen LogP contribution is -2.22. The Morgan fingerprint density at radius 2 is 1.93 bits per heavy atom. The van der Waals surface area contributed by atoms with Crippen LogP contribution < -0.4 is 9.47 Å². The normalized spacial score (nSPS) is 11.3. The highest BCUT2D eigenvalue weighted by atomic mass is 35.5. The molecule has 0 bridgehead atoms. The zero-order valence-electron chi connectivity index (χ0n) is 15.7. The van der Waals surface area contributed by atoms with Gasteiger partial charge in [-0.25, -0.2) is 4.68 Å². The molecule has 0 aliphatic rings. The number of nitrogens with zero attached hydrogens (tertiary/aromatic N) is 3.